The number of amidine groups is 1. The Balaban J connectivity index is 1.56. The lowest BCUT2D eigenvalue weighted by Crippen LogP contribution is -2.26. The number of ether oxygens (including phenoxy) is 1. The van der Waals surface area contributed by atoms with Crippen molar-refractivity contribution in [1.82, 2.24) is 5.32 Å². The van der Waals surface area contributed by atoms with Crippen LogP contribution in [0.25, 0.3) is 0 Å². The first-order chi connectivity index (χ1) is 13.5. The summed E-state index contributed by atoms with van der Waals surface area (Å²) in [6, 6.07) is 15.3. The first-order valence-electron chi connectivity index (χ1n) is 8.19. The van der Waals surface area contributed by atoms with Crippen LogP contribution in [0, 0.1) is 0 Å². The number of nitrogens with zero attached hydrogens (tertiary/aromatic N) is 2. The van der Waals surface area contributed by atoms with Gasteiger partial charge in [0.25, 0.3) is 0 Å². The maximum atomic E-state index is 12.0. The van der Waals surface area contributed by atoms with Crippen LogP contribution in [0.4, 0.5) is 0 Å². The predicted molar refractivity (Wildman–Crippen MR) is 105 cm³/mol. The minimum Gasteiger partial charge on any atom is -0.481 e. The normalized spacial score (nSPS) is 17.6. The molecule has 0 spiro atoms. The molecule has 2 N–H and O–H groups in total. The van der Waals surface area contributed by atoms with Gasteiger partial charge in [0.2, 0.25) is 5.91 Å². The zero-order valence-electron chi connectivity index (χ0n) is 14.4. The second kappa shape index (κ2) is 8.96. The number of amides is 1. The van der Waals surface area contributed by atoms with Gasteiger partial charge in [0.15, 0.2) is 5.17 Å². The Morgan fingerprint density at radius 2 is 1.86 bits per heavy atom. The van der Waals surface area contributed by atoms with Gasteiger partial charge in [-0.25, -0.2) is 4.79 Å². The first-order valence-corrected chi connectivity index (χ1v) is 9.07. The highest BCUT2D eigenvalue weighted by atomic mass is 32.2. The van der Waals surface area contributed by atoms with Crippen molar-refractivity contribution in [3.05, 3.63) is 65.7 Å². The summed E-state index contributed by atoms with van der Waals surface area (Å²) in [5, 5.41) is 18.5. The van der Waals surface area contributed by atoms with Crippen molar-refractivity contribution in [1.29, 1.82) is 0 Å². The van der Waals surface area contributed by atoms with Crippen molar-refractivity contribution >= 4 is 41.0 Å². The summed E-state index contributed by atoms with van der Waals surface area (Å²) in [5.41, 5.74) is 1.17. The summed E-state index contributed by atoms with van der Waals surface area (Å²) in [4.78, 5) is 34.3. The molecule has 1 aliphatic rings. The summed E-state index contributed by atoms with van der Waals surface area (Å²) in [6.07, 6.45) is 1.19. The van der Waals surface area contributed by atoms with Gasteiger partial charge in [-0.05, 0) is 42.0 Å². The van der Waals surface area contributed by atoms with Gasteiger partial charge in [0.1, 0.15) is 11.0 Å². The molecule has 8 nitrogen and oxygen atoms in total. The van der Waals surface area contributed by atoms with Gasteiger partial charge >= 0.3 is 11.9 Å². The van der Waals surface area contributed by atoms with E-state index >= 15 is 0 Å². The predicted octanol–water partition coefficient (Wildman–Crippen LogP) is 2.30. The van der Waals surface area contributed by atoms with E-state index in [0.717, 1.165) is 11.8 Å². The minimum absolute atomic E-state index is 0.251. The lowest BCUT2D eigenvalue weighted by atomic mass is 10.2. The smallest absolute Gasteiger partial charge is 0.343 e. The van der Waals surface area contributed by atoms with Crippen LogP contribution in [-0.2, 0) is 9.59 Å². The number of benzene rings is 2. The molecule has 28 heavy (non-hydrogen) atoms. The van der Waals surface area contributed by atoms with E-state index in [1.54, 1.807) is 48.5 Å². The molecule has 2 aromatic rings. The Morgan fingerprint density at radius 1 is 1.14 bits per heavy atom. The Kier molecular flexibility index (Phi) is 6.18. The van der Waals surface area contributed by atoms with E-state index in [1.165, 1.54) is 6.21 Å². The summed E-state index contributed by atoms with van der Waals surface area (Å²) in [5.74, 6) is -1.50. The van der Waals surface area contributed by atoms with Gasteiger partial charge in [-0.1, -0.05) is 30.0 Å². The molecule has 1 heterocycles. The van der Waals surface area contributed by atoms with E-state index in [4.69, 9.17) is 9.84 Å². The van der Waals surface area contributed by atoms with Crippen molar-refractivity contribution in [2.45, 2.75) is 11.7 Å². The third-order valence-corrected chi connectivity index (χ3v) is 4.66. The quantitative estimate of drug-likeness (QED) is 0.334. The Labute approximate surface area is 164 Å². The highest BCUT2D eigenvalue weighted by Crippen LogP contribution is 2.22. The molecule has 1 atom stereocenters. The number of esters is 1. The van der Waals surface area contributed by atoms with Gasteiger partial charge < -0.3 is 15.2 Å². The third-order valence-electron chi connectivity index (χ3n) is 3.59. The van der Waals surface area contributed by atoms with Gasteiger partial charge in [-0.3, -0.25) is 9.59 Å². The van der Waals surface area contributed by atoms with Crippen LogP contribution in [0.15, 0.2) is 64.8 Å². The lowest BCUT2D eigenvalue weighted by molar-refractivity contribution is -0.138. The van der Waals surface area contributed by atoms with Crippen molar-refractivity contribution in [2.75, 3.05) is 0 Å². The van der Waals surface area contributed by atoms with Crippen molar-refractivity contribution in [2.24, 2.45) is 10.2 Å². The average molecular weight is 397 g/mol. The molecule has 0 unspecified atom stereocenters. The van der Waals surface area contributed by atoms with Crippen LogP contribution in [0.1, 0.15) is 22.3 Å². The zero-order chi connectivity index (χ0) is 19.9. The molecule has 1 fully saturated rings. The second-order valence-corrected chi connectivity index (χ2v) is 6.86. The van der Waals surface area contributed by atoms with E-state index in [9.17, 15) is 14.4 Å². The van der Waals surface area contributed by atoms with Crippen molar-refractivity contribution in [3.63, 3.8) is 0 Å². The number of hydrogen-bond donors (Lipinski definition) is 2. The van der Waals surface area contributed by atoms with E-state index < -0.39 is 23.1 Å². The molecular formula is C19H15N3O5S. The minimum atomic E-state index is -1.05. The van der Waals surface area contributed by atoms with Gasteiger partial charge in [-0.15, -0.1) is 5.10 Å². The van der Waals surface area contributed by atoms with Crippen molar-refractivity contribution < 1.29 is 24.2 Å². The van der Waals surface area contributed by atoms with Crippen LogP contribution >= 0.6 is 11.8 Å². The molecule has 1 aliphatic heterocycles. The first kappa shape index (κ1) is 19.3. The van der Waals surface area contributed by atoms with Crippen LogP contribution < -0.4 is 10.1 Å². The Hall–Kier alpha value is -3.46. The van der Waals surface area contributed by atoms with Gasteiger partial charge in [0, 0.05) is 0 Å². The highest BCUT2D eigenvalue weighted by molar-refractivity contribution is 8.15. The fourth-order valence-electron chi connectivity index (χ4n) is 2.26. The highest BCUT2D eigenvalue weighted by Gasteiger charge is 2.32. The molecule has 0 radical (unpaired) electrons. The third kappa shape index (κ3) is 5.27. The second-order valence-electron chi connectivity index (χ2n) is 5.67. The SMILES string of the molecule is O=C(O)C[C@H]1S/C(=N/N=C\c2ccc(OC(=O)c3ccccc3)cc2)NC1=O. The van der Waals surface area contributed by atoms with Crippen LogP contribution in [0.3, 0.4) is 0 Å². The number of rotatable bonds is 6. The number of carboxylic acids is 1. The molecule has 1 amide bonds. The van der Waals surface area contributed by atoms with E-state index in [2.05, 4.69) is 15.5 Å². The molecule has 2 aromatic carbocycles. The zero-order valence-corrected chi connectivity index (χ0v) is 15.3. The molecule has 0 aromatic heterocycles. The fourth-order valence-corrected chi connectivity index (χ4v) is 3.17. The van der Waals surface area contributed by atoms with Crippen LogP contribution in [0.2, 0.25) is 0 Å². The lowest BCUT2D eigenvalue weighted by Gasteiger charge is -2.04. The molecular weight excluding hydrogens is 382 g/mol. The molecule has 3 rings (SSSR count). The summed E-state index contributed by atoms with van der Waals surface area (Å²) in [7, 11) is 0. The Bertz CT molecular complexity index is 942. The van der Waals surface area contributed by atoms with Crippen molar-refractivity contribution in [3.8, 4) is 5.75 Å². The van der Waals surface area contributed by atoms with Gasteiger partial charge in [0.05, 0.1) is 18.2 Å². The molecule has 0 aliphatic carbocycles. The molecule has 142 valence electrons. The van der Waals surface area contributed by atoms with Gasteiger partial charge in [-0.2, -0.15) is 5.10 Å². The number of carbonyl (C=O) groups excluding carboxylic acids is 2. The standard InChI is InChI=1S/C19H15N3O5S/c23-16(24)10-15-17(25)21-19(28-15)22-20-11-12-6-8-14(9-7-12)27-18(26)13-4-2-1-3-5-13/h1-9,11,15H,10H2,(H,23,24)(H,21,22,25)/b20-11-/t15-/m1/s1. The molecule has 0 bridgehead atoms. The fraction of sp³-hybridized carbons (Fsp3) is 0.105. The number of hydrogen-bond acceptors (Lipinski definition) is 7. The van der Waals surface area contributed by atoms with E-state index in [0.29, 0.717) is 16.9 Å². The largest absolute Gasteiger partial charge is 0.481 e. The average Bonchev–Trinajstić information content (AvgIpc) is 3.02. The molecule has 0 saturated carbocycles. The molecule has 9 heteroatoms. The van der Waals surface area contributed by atoms with Crippen LogP contribution in [-0.4, -0.2) is 39.6 Å². The number of thioether (sulfide) groups is 1. The van der Waals surface area contributed by atoms with E-state index in [1.807, 2.05) is 6.07 Å². The number of aliphatic carboxylic acids is 1. The number of nitrogens with one attached hydrogen (secondary N) is 1. The maximum Gasteiger partial charge on any atom is 0.343 e. The van der Waals surface area contributed by atoms with E-state index in [-0.39, 0.29) is 11.6 Å². The maximum absolute atomic E-state index is 12.0. The summed E-state index contributed by atoms with van der Waals surface area (Å²) < 4.78 is 5.29. The topological polar surface area (TPSA) is 117 Å². The summed E-state index contributed by atoms with van der Waals surface area (Å²) in [6.45, 7) is 0. The molecule has 1 saturated heterocycles. The monoisotopic (exact) mass is 397 g/mol. The Morgan fingerprint density at radius 3 is 2.54 bits per heavy atom. The van der Waals surface area contributed by atoms with Crippen LogP contribution in [0.5, 0.6) is 5.75 Å². The number of carbonyl (C=O) groups is 3. The summed E-state index contributed by atoms with van der Waals surface area (Å²) >= 11 is 1.03. The number of carboxylic acid groups (broad SMARTS) is 1.